The number of aliphatic hydroxyl groups excluding tert-OH is 1. The van der Waals surface area contributed by atoms with Crippen LogP contribution < -0.4 is 5.32 Å². The van der Waals surface area contributed by atoms with Crippen LogP contribution in [-0.4, -0.2) is 37.4 Å². The van der Waals surface area contributed by atoms with Crippen LogP contribution in [0.15, 0.2) is 6.07 Å². The molecule has 1 aliphatic carbocycles. The summed E-state index contributed by atoms with van der Waals surface area (Å²) in [5.74, 6) is 0.580. The number of aliphatic hydroxyl groups is 1. The minimum absolute atomic E-state index is 0.0955. The Hall–Kier alpha value is -0.910. The molecule has 124 valence electrons. The van der Waals surface area contributed by atoms with Gasteiger partial charge >= 0.3 is 0 Å². The molecule has 1 aromatic rings. The average molecular weight is 325 g/mol. The van der Waals surface area contributed by atoms with Gasteiger partial charge in [0.15, 0.2) is 0 Å². The molecule has 1 aromatic heterocycles. The van der Waals surface area contributed by atoms with Gasteiger partial charge in [-0.1, -0.05) is 20.8 Å². The molecule has 0 fully saturated rings. The first kappa shape index (κ1) is 17.4. The summed E-state index contributed by atoms with van der Waals surface area (Å²) >= 11 is 1.60. The second-order valence-electron chi connectivity index (χ2n) is 7.18. The summed E-state index contributed by atoms with van der Waals surface area (Å²) in [5, 5.41) is 12.4. The van der Waals surface area contributed by atoms with Gasteiger partial charge in [-0.05, 0) is 42.2 Å². The number of hydrogen-bond donors (Lipinski definition) is 2. The van der Waals surface area contributed by atoms with E-state index in [1.807, 2.05) is 6.07 Å². The molecular weight excluding hydrogens is 298 g/mol. The molecule has 0 aliphatic heterocycles. The van der Waals surface area contributed by atoms with Crippen molar-refractivity contribution in [2.45, 2.75) is 46.1 Å². The van der Waals surface area contributed by atoms with E-state index in [2.05, 4.69) is 26.1 Å². The number of ether oxygens (including phenoxy) is 1. The van der Waals surface area contributed by atoms with E-state index in [-0.39, 0.29) is 19.1 Å². The van der Waals surface area contributed by atoms with Crippen LogP contribution in [0.3, 0.4) is 0 Å². The van der Waals surface area contributed by atoms with Crippen LogP contribution in [-0.2, 0) is 17.6 Å². The van der Waals surface area contributed by atoms with E-state index in [9.17, 15) is 9.90 Å². The lowest BCUT2D eigenvalue weighted by atomic mass is 9.72. The number of aryl methyl sites for hydroxylation is 1. The van der Waals surface area contributed by atoms with Crippen molar-refractivity contribution in [3.63, 3.8) is 0 Å². The lowest BCUT2D eigenvalue weighted by Gasteiger charge is -2.33. The van der Waals surface area contributed by atoms with Gasteiger partial charge in [-0.25, -0.2) is 0 Å². The first-order chi connectivity index (χ1) is 10.3. The van der Waals surface area contributed by atoms with E-state index in [0.29, 0.717) is 11.3 Å². The molecule has 22 heavy (non-hydrogen) atoms. The van der Waals surface area contributed by atoms with E-state index in [4.69, 9.17) is 4.74 Å². The molecule has 2 unspecified atom stereocenters. The summed E-state index contributed by atoms with van der Waals surface area (Å²) in [6.07, 6.45) is 2.68. The second-order valence-corrected chi connectivity index (χ2v) is 8.32. The third-order valence-corrected chi connectivity index (χ3v) is 5.62. The van der Waals surface area contributed by atoms with Crippen LogP contribution in [0, 0.1) is 11.3 Å². The van der Waals surface area contributed by atoms with Crippen LogP contribution >= 0.6 is 11.3 Å². The molecule has 0 spiro atoms. The number of fused-ring (bicyclic) bond motifs is 1. The van der Waals surface area contributed by atoms with Gasteiger partial charge < -0.3 is 15.2 Å². The molecule has 0 saturated carbocycles. The zero-order chi connectivity index (χ0) is 16.3. The van der Waals surface area contributed by atoms with E-state index in [0.717, 1.165) is 17.7 Å². The fraction of sp³-hybridized carbons (Fsp3) is 0.706. The zero-order valence-electron chi connectivity index (χ0n) is 13.9. The molecule has 0 saturated heterocycles. The van der Waals surface area contributed by atoms with Crippen LogP contribution in [0.1, 0.15) is 47.3 Å². The number of nitrogens with one attached hydrogen (secondary N) is 1. The second kappa shape index (κ2) is 7.11. The van der Waals surface area contributed by atoms with Gasteiger partial charge in [0.25, 0.3) is 5.91 Å². The molecule has 0 radical (unpaired) electrons. The van der Waals surface area contributed by atoms with Crippen molar-refractivity contribution in [3.05, 3.63) is 21.4 Å². The van der Waals surface area contributed by atoms with Gasteiger partial charge in [-0.2, -0.15) is 0 Å². The van der Waals surface area contributed by atoms with Crippen molar-refractivity contribution in [1.82, 2.24) is 5.32 Å². The van der Waals surface area contributed by atoms with Crippen molar-refractivity contribution in [1.29, 1.82) is 0 Å². The van der Waals surface area contributed by atoms with Gasteiger partial charge in [0.05, 0.1) is 17.6 Å². The molecule has 1 heterocycles. The van der Waals surface area contributed by atoms with Crippen molar-refractivity contribution in [2.24, 2.45) is 11.3 Å². The predicted octanol–water partition coefficient (Wildman–Crippen LogP) is 2.64. The highest BCUT2D eigenvalue weighted by atomic mass is 32.1. The SMILES string of the molecule is COCC(O)CNC(=O)c1cc2c(s1)CCC(C(C)(C)C)C2. The fourth-order valence-electron chi connectivity index (χ4n) is 2.92. The van der Waals surface area contributed by atoms with E-state index in [1.54, 1.807) is 11.3 Å². The highest BCUT2D eigenvalue weighted by Crippen LogP contribution is 2.40. The van der Waals surface area contributed by atoms with Gasteiger partial charge in [0, 0.05) is 18.5 Å². The van der Waals surface area contributed by atoms with Crippen molar-refractivity contribution < 1.29 is 14.6 Å². The first-order valence-corrected chi connectivity index (χ1v) is 8.69. The number of carbonyl (C=O) groups is 1. The molecule has 1 aliphatic rings. The highest BCUT2D eigenvalue weighted by Gasteiger charge is 2.30. The predicted molar refractivity (Wildman–Crippen MR) is 89.5 cm³/mol. The number of amides is 1. The topological polar surface area (TPSA) is 58.6 Å². The highest BCUT2D eigenvalue weighted by molar-refractivity contribution is 7.14. The number of thiophene rings is 1. The smallest absolute Gasteiger partial charge is 0.261 e. The van der Waals surface area contributed by atoms with Crippen LogP contribution in [0.25, 0.3) is 0 Å². The van der Waals surface area contributed by atoms with E-state index in [1.165, 1.54) is 24.0 Å². The lowest BCUT2D eigenvalue weighted by Crippen LogP contribution is -2.33. The Morgan fingerprint density at radius 1 is 1.55 bits per heavy atom. The van der Waals surface area contributed by atoms with Gasteiger partial charge in [0.1, 0.15) is 0 Å². The standard InChI is InChI=1S/C17H27NO3S/c1-17(2,3)12-5-6-14-11(7-12)8-15(22-14)16(20)18-9-13(19)10-21-4/h8,12-13,19H,5-7,9-10H2,1-4H3,(H,18,20). The zero-order valence-corrected chi connectivity index (χ0v) is 14.8. The summed E-state index contributed by atoms with van der Waals surface area (Å²) in [7, 11) is 1.53. The number of carbonyl (C=O) groups excluding carboxylic acids is 1. The Morgan fingerprint density at radius 2 is 2.27 bits per heavy atom. The van der Waals surface area contributed by atoms with Crippen molar-refractivity contribution >= 4 is 17.2 Å². The van der Waals surface area contributed by atoms with Crippen LogP contribution in [0.4, 0.5) is 0 Å². The van der Waals surface area contributed by atoms with E-state index >= 15 is 0 Å². The minimum Gasteiger partial charge on any atom is -0.389 e. The molecule has 2 N–H and O–H groups in total. The van der Waals surface area contributed by atoms with Gasteiger partial charge in [-0.15, -0.1) is 11.3 Å². The third-order valence-electron chi connectivity index (χ3n) is 4.39. The summed E-state index contributed by atoms with van der Waals surface area (Å²) < 4.78 is 4.85. The maximum atomic E-state index is 12.2. The average Bonchev–Trinajstić information content (AvgIpc) is 2.87. The molecular formula is C17H27NO3S. The Labute approximate surface area is 136 Å². The van der Waals surface area contributed by atoms with Crippen molar-refractivity contribution in [3.8, 4) is 0 Å². The maximum Gasteiger partial charge on any atom is 0.261 e. The first-order valence-electron chi connectivity index (χ1n) is 7.88. The number of methoxy groups -OCH3 is 1. The molecule has 2 rings (SSSR count). The Bertz CT molecular complexity index is 518. The summed E-state index contributed by atoms with van der Waals surface area (Å²) in [4.78, 5) is 14.3. The Morgan fingerprint density at radius 3 is 2.91 bits per heavy atom. The van der Waals surface area contributed by atoms with Crippen LogP contribution in [0.2, 0.25) is 0 Å². The van der Waals surface area contributed by atoms with Gasteiger partial charge in [0.2, 0.25) is 0 Å². The summed E-state index contributed by atoms with van der Waals surface area (Å²) in [6, 6.07) is 2.04. The summed E-state index contributed by atoms with van der Waals surface area (Å²) in [6.45, 7) is 7.33. The molecule has 0 bridgehead atoms. The molecule has 1 amide bonds. The van der Waals surface area contributed by atoms with E-state index < -0.39 is 6.10 Å². The molecule has 5 heteroatoms. The number of hydrogen-bond acceptors (Lipinski definition) is 4. The fourth-order valence-corrected chi connectivity index (χ4v) is 4.05. The van der Waals surface area contributed by atoms with Gasteiger partial charge in [-0.3, -0.25) is 4.79 Å². The largest absolute Gasteiger partial charge is 0.389 e. The van der Waals surface area contributed by atoms with Crippen molar-refractivity contribution in [2.75, 3.05) is 20.3 Å². The minimum atomic E-state index is -0.659. The molecule has 2 atom stereocenters. The Balaban J connectivity index is 1.98. The Kier molecular flexibility index (Phi) is 5.64. The normalized spacial score (nSPS) is 19.6. The molecule has 4 nitrogen and oxygen atoms in total. The molecule has 0 aromatic carbocycles. The third kappa shape index (κ3) is 4.31. The number of rotatable bonds is 5. The monoisotopic (exact) mass is 325 g/mol. The maximum absolute atomic E-state index is 12.2. The summed E-state index contributed by atoms with van der Waals surface area (Å²) in [5.41, 5.74) is 1.64. The quantitative estimate of drug-likeness (QED) is 0.875. The van der Waals surface area contributed by atoms with Crippen LogP contribution in [0.5, 0.6) is 0 Å². The lowest BCUT2D eigenvalue weighted by molar-refractivity contribution is 0.0611.